The Morgan fingerprint density at radius 3 is 3.13 bits per heavy atom. The van der Waals surface area contributed by atoms with Gasteiger partial charge < -0.3 is 4.74 Å². The summed E-state index contributed by atoms with van der Waals surface area (Å²) in [7, 11) is 1.73. The summed E-state index contributed by atoms with van der Waals surface area (Å²) in [5, 5.41) is 7.48. The van der Waals surface area contributed by atoms with E-state index in [9.17, 15) is 4.79 Å². The molecule has 15 heavy (non-hydrogen) atoms. The normalized spacial score (nSPS) is 25.7. The van der Waals surface area contributed by atoms with Gasteiger partial charge in [-0.05, 0) is 12.8 Å². The zero-order valence-corrected chi connectivity index (χ0v) is 9.01. The van der Waals surface area contributed by atoms with Gasteiger partial charge in [0.2, 0.25) is 0 Å². The van der Waals surface area contributed by atoms with E-state index in [1.54, 1.807) is 7.05 Å². The van der Waals surface area contributed by atoms with Crippen molar-refractivity contribution in [3.63, 3.8) is 0 Å². The number of carbonyl (C=O) groups is 1. The molecule has 1 aliphatic heterocycles. The second kappa shape index (κ2) is 4.10. The molecule has 1 saturated heterocycles. The van der Waals surface area contributed by atoms with Gasteiger partial charge in [-0.3, -0.25) is 4.79 Å². The van der Waals surface area contributed by atoms with Gasteiger partial charge in [0.1, 0.15) is 5.69 Å². The van der Waals surface area contributed by atoms with Crippen molar-refractivity contribution in [2.45, 2.75) is 25.9 Å². The van der Waals surface area contributed by atoms with Gasteiger partial charge in [0.15, 0.2) is 5.78 Å². The maximum absolute atomic E-state index is 12.1. The van der Waals surface area contributed by atoms with Crippen molar-refractivity contribution in [2.24, 2.45) is 13.0 Å². The Balaban J connectivity index is 2.18. The van der Waals surface area contributed by atoms with Gasteiger partial charge >= 0.3 is 0 Å². The largest absolute Gasteiger partial charge is 0.377 e. The van der Waals surface area contributed by atoms with Crippen molar-refractivity contribution in [1.82, 2.24) is 15.0 Å². The maximum atomic E-state index is 12.1. The van der Waals surface area contributed by atoms with Crippen LogP contribution in [0.2, 0.25) is 0 Å². The average molecular weight is 209 g/mol. The van der Waals surface area contributed by atoms with Crippen LogP contribution in [0.3, 0.4) is 0 Å². The topological polar surface area (TPSA) is 57.0 Å². The summed E-state index contributed by atoms with van der Waals surface area (Å²) < 4.78 is 7.02. The highest BCUT2D eigenvalue weighted by Gasteiger charge is 2.34. The molecule has 5 nitrogen and oxygen atoms in total. The smallest absolute Gasteiger partial charge is 0.188 e. The van der Waals surface area contributed by atoms with Crippen LogP contribution in [0.5, 0.6) is 0 Å². The van der Waals surface area contributed by atoms with Gasteiger partial charge in [0.05, 0.1) is 18.2 Å². The zero-order chi connectivity index (χ0) is 10.8. The number of ketones is 1. The lowest BCUT2D eigenvalue weighted by atomic mass is 9.93. The van der Waals surface area contributed by atoms with Crippen molar-refractivity contribution >= 4 is 5.78 Å². The van der Waals surface area contributed by atoms with Crippen LogP contribution in [0, 0.1) is 5.92 Å². The number of ether oxygens (including phenoxy) is 1. The van der Waals surface area contributed by atoms with Crippen LogP contribution < -0.4 is 0 Å². The Hall–Kier alpha value is -1.23. The Morgan fingerprint density at radius 1 is 1.73 bits per heavy atom. The van der Waals surface area contributed by atoms with Gasteiger partial charge in [0.25, 0.3) is 0 Å². The van der Waals surface area contributed by atoms with Gasteiger partial charge in [-0.1, -0.05) is 12.1 Å². The molecule has 0 N–H and O–H groups in total. The molecule has 0 aliphatic carbocycles. The first-order valence-electron chi connectivity index (χ1n) is 5.24. The van der Waals surface area contributed by atoms with Crippen LogP contribution in [0.4, 0.5) is 0 Å². The van der Waals surface area contributed by atoms with Crippen LogP contribution in [0.25, 0.3) is 0 Å². The van der Waals surface area contributed by atoms with Crippen molar-refractivity contribution in [1.29, 1.82) is 0 Å². The van der Waals surface area contributed by atoms with E-state index in [1.165, 1.54) is 10.9 Å². The summed E-state index contributed by atoms with van der Waals surface area (Å²) >= 11 is 0. The highest BCUT2D eigenvalue weighted by atomic mass is 16.5. The predicted octanol–water partition coefficient (Wildman–Crippen LogP) is 0.813. The molecule has 2 heterocycles. The molecule has 82 valence electrons. The van der Waals surface area contributed by atoms with E-state index < -0.39 is 0 Å². The highest BCUT2D eigenvalue weighted by molar-refractivity contribution is 5.96. The molecule has 0 bridgehead atoms. The van der Waals surface area contributed by atoms with Crippen LogP contribution >= 0.6 is 0 Å². The van der Waals surface area contributed by atoms with Crippen molar-refractivity contribution in [3.05, 3.63) is 11.9 Å². The molecule has 2 rings (SSSR count). The molecule has 0 amide bonds. The van der Waals surface area contributed by atoms with Crippen LogP contribution in [0.15, 0.2) is 6.20 Å². The van der Waals surface area contributed by atoms with E-state index in [2.05, 4.69) is 10.3 Å². The van der Waals surface area contributed by atoms with Crippen LogP contribution in [-0.2, 0) is 11.8 Å². The number of hydrogen-bond acceptors (Lipinski definition) is 4. The summed E-state index contributed by atoms with van der Waals surface area (Å²) in [6.07, 6.45) is 3.27. The Labute approximate surface area is 88.4 Å². The molecule has 2 unspecified atom stereocenters. The molecule has 1 fully saturated rings. The SMILES string of the molecule is CCC1OCCC1C(=O)c1cnnn1C. The second-order valence-corrected chi connectivity index (χ2v) is 3.82. The fourth-order valence-corrected chi connectivity index (χ4v) is 2.05. The molecule has 0 radical (unpaired) electrons. The average Bonchev–Trinajstić information content (AvgIpc) is 2.84. The number of carbonyl (C=O) groups excluding carboxylic acids is 1. The van der Waals surface area contributed by atoms with E-state index in [1.807, 2.05) is 6.92 Å². The molecule has 0 spiro atoms. The van der Waals surface area contributed by atoms with Crippen molar-refractivity contribution < 1.29 is 9.53 Å². The number of aromatic nitrogens is 3. The quantitative estimate of drug-likeness (QED) is 0.691. The molecule has 1 aromatic heterocycles. The number of hydrogen-bond donors (Lipinski definition) is 0. The lowest BCUT2D eigenvalue weighted by Crippen LogP contribution is -2.25. The van der Waals surface area contributed by atoms with Gasteiger partial charge in [-0.15, -0.1) is 5.10 Å². The Kier molecular flexibility index (Phi) is 2.81. The molecule has 5 heteroatoms. The number of nitrogens with zero attached hydrogens (tertiary/aromatic N) is 3. The van der Waals surface area contributed by atoms with Gasteiger partial charge in [-0.2, -0.15) is 0 Å². The van der Waals surface area contributed by atoms with Gasteiger partial charge in [0, 0.05) is 13.7 Å². The van der Waals surface area contributed by atoms with Crippen molar-refractivity contribution in [2.75, 3.05) is 6.61 Å². The lowest BCUT2D eigenvalue weighted by molar-refractivity contribution is 0.0682. The number of Topliss-reactive ketones (excluding diaryl/α,β-unsaturated/α-hetero) is 1. The lowest BCUT2D eigenvalue weighted by Gasteiger charge is -2.14. The standard InChI is InChI=1S/C10H15N3O2/c1-3-9-7(4-5-15-9)10(14)8-6-11-12-13(8)2/h6-7,9H,3-5H2,1-2H3. The molecular formula is C10H15N3O2. The molecular weight excluding hydrogens is 194 g/mol. The molecule has 0 aromatic carbocycles. The first-order valence-corrected chi connectivity index (χ1v) is 5.24. The summed E-state index contributed by atoms with van der Waals surface area (Å²) in [4.78, 5) is 12.1. The Bertz CT molecular complexity index is 361. The summed E-state index contributed by atoms with van der Waals surface area (Å²) in [5.74, 6) is 0.0825. The molecule has 0 saturated carbocycles. The molecule has 1 aromatic rings. The van der Waals surface area contributed by atoms with Crippen LogP contribution in [-0.4, -0.2) is 33.5 Å². The molecule has 1 aliphatic rings. The minimum absolute atomic E-state index is 0.0211. The first-order chi connectivity index (χ1) is 7.24. The first kappa shape index (κ1) is 10.3. The number of rotatable bonds is 3. The third-order valence-electron chi connectivity index (χ3n) is 2.92. The van der Waals surface area contributed by atoms with E-state index >= 15 is 0 Å². The minimum Gasteiger partial charge on any atom is -0.377 e. The monoisotopic (exact) mass is 209 g/mol. The maximum Gasteiger partial charge on any atom is 0.188 e. The highest BCUT2D eigenvalue weighted by Crippen LogP contribution is 2.26. The zero-order valence-electron chi connectivity index (χ0n) is 9.01. The summed E-state index contributed by atoms with van der Waals surface area (Å²) in [6, 6.07) is 0. The summed E-state index contributed by atoms with van der Waals surface area (Å²) in [6.45, 7) is 2.72. The van der Waals surface area contributed by atoms with E-state index in [0.29, 0.717) is 12.3 Å². The number of aryl methyl sites for hydroxylation is 1. The van der Waals surface area contributed by atoms with E-state index in [0.717, 1.165) is 12.8 Å². The predicted molar refractivity (Wildman–Crippen MR) is 53.5 cm³/mol. The van der Waals surface area contributed by atoms with Crippen molar-refractivity contribution in [3.8, 4) is 0 Å². The Morgan fingerprint density at radius 2 is 2.53 bits per heavy atom. The fourth-order valence-electron chi connectivity index (χ4n) is 2.05. The third-order valence-corrected chi connectivity index (χ3v) is 2.92. The fraction of sp³-hybridized carbons (Fsp3) is 0.700. The third kappa shape index (κ3) is 1.79. The van der Waals surface area contributed by atoms with Gasteiger partial charge in [-0.25, -0.2) is 4.68 Å². The van der Waals surface area contributed by atoms with E-state index in [-0.39, 0.29) is 17.8 Å². The van der Waals surface area contributed by atoms with E-state index in [4.69, 9.17) is 4.74 Å². The second-order valence-electron chi connectivity index (χ2n) is 3.82. The minimum atomic E-state index is -0.0211. The molecule has 2 atom stereocenters. The van der Waals surface area contributed by atoms with Crippen LogP contribution in [0.1, 0.15) is 30.3 Å². The summed E-state index contributed by atoms with van der Waals surface area (Å²) in [5.41, 5.74) is 0.573.